The molecule has 6 nitrogen and oxygen atoms in total. The first-order valence-electron chi connectivity index (χ1n) is 8.88. The fraction of sp³-hybridized carbons (Fsp3) is 0.143. The number of hydrogen-bond acceptors (Lipinski definition) is 6. The number of aromatic nitrogens is 4. The average molecular weight is 425 g/mol. The number of nitrogens with zero attached hydrogens (tertiary/aromatic N) is 4. The van der Waals surface area contributed by atoms with Gasteiger partial charge in [-0.05, 0) is 31.2 Å². The smallest absolute Gasteiger partial charge is 0.262 e. The third-order valence-corrected chi connectivity index (χ3v) is 5.46. The lowest BCUT2D eigenvalue weighted by molar-refractivity contribution is 0.391. The van der Waals surface area contributed by atoms with Crippen LogP contribution in [0.15, 0.2) is 69.6 Å². The largest absolute Gasteiger partial charge is 0.338 e. The predicted molar refractivity (Wildman–Crippen MR) is 115 cm³/mol. The minimum absolute atomic E-state index is 0.139. The van der Waals surface area contributed by atoms with E-state index >= 15 is 0 Å². The highest BCUT2D eigenvalue weighted by atomic mass is 35.5. The Balaban J connectivity index is 1.63. The maximum atomic E-state index is 12.9. The van der Waals surface area contributed by atoms with E-state index in [0.717, 1.165) is 11.1 Å². The molecule has 2 aromatic heterocycles. The van der Waals surface area contributed by atoms with Crippen molar-refractivity contribution in [1.82, 2.24) is 19.7 Å². The first-order chi connectivity index (χ1) is 14.0. The summed E-state index contributed by atoms with van der Waals surface area (Å²) in [6.45, 7) is 6.10. The van der Waals surface area contributed by atoms with Crippen LogP contribution in [0.1, 0.15) is 11.5 Å². The van der Waals surface area contributed by atoms with Crippen LogP contribution in [0.5, 0.6) is 0 Å². The van der Waals surface area contributed by atoms with E-state index in [0.29, 0.717) is 45.1 Å². The molecular formula is C21H17ClN4O2S. The first kappa shape index (κ1) is 19.4. The van der Waals surface area contributed by atoms with Crippen molar-refractivity contribution in [2.45, 2.75) is 24.4 Å². The molecule has 0 N–H and O–H groups in total. The van der Waals surface area contributed by atoms with Gasteiger partial charge < -0.3 is 4.52 Å². The second-order valence-corrected chi connectivity index (χ2v) is 7.81. The van der Waals surface area contributed by atoms with Gasteiger partial charge in [-0.2, -0.15) is 4.98 Å². The maximum Gasteiger partial charge on any atom is 0.262 e. The quantitative estimate of drug-likeness (QED) is 0.249. The summed E-state index contributed by atoms with van der Waals surface area (Å²) in [5.74, 6) is 1.37. The lowest BCUT2D eigenvalue weighted by Gasteiger charge is -2.10. The summed E-state index contributed by atoms with van der Waals surface area (Å²) in [7, 11) is 0. The summed E-state index contributed by atoms with van der Waals surface area (Å²) in [6.07, 6.45) is 1.66. The zero-order valence-corrected chi connectivity index (χ0v) is 17.2. The van der Waals surface area contributed by atoms with Crippen LogP contribution in [-0.2, 0) is 12.3 Å². The Morgan fingerprint density at radius 3 is 2.90 bits per heavy atom. The van der Waals surface area contributed by atoms with Crippen LogP contribution in [-0.4, -0.2) is 19.7 Å². The number of hydrogen-bond donors (Lipinski definition) is 0. The Bertz CT molecular complexity index is 1270. The van der Waals surface area contributed by atoms with Gasteiger partial charge in [0.1, 0.15) is 0 Å². The molecule has 4 rings (SSSR count). The highest BCUT2D eigenvalue weighted by Crippen LogP contribution is 2.24. The van der Waals surface area contributed by atoms with E-state index in [1.165, 1.54) is 11.8 Å². The molecule has 0 aliphatic rings. The van der Waals surface area contributed by atoms with Gasteiger partial charge in [0.25, 0.3) is 5.56 Å². The zero-order chi connectivity index (χ0) is 20.4. The molecule has 0 saturated heterocycles. The van der Waals surface area contributed by atoms with Crippen LogP contribution in [0.25, 0.3) is 22.3 Å². The molecule has 0 radical (unpaired) electrons. The Morgan fingerprint density at radius 2 is 2.10 bits per heavy atom. The topological polar surface area (TPSA) is 73.8 Å². The van der Waals surface area contributed by atoms with Crippen molar-refractivity contribution in [3.05, 3.63) is 82.0 Å². The number of rotatable bonds is 6. The second kappa shape index (κ2) is 8.23. The molecule has 0 amide bonds. The lowest BCUT2D eigenvalue weighted by Crippen LogP contribution is -2.22. The van der Waals surface area contributed by atoms with Crippen LogP contribution in [0.2, 0.25) is 5.02 Å². The molecule has 4 aromatic rings. The van der Waals surface area contributed by atoms with E-state index in [9.17, 15) is 4.79 Å². The molecule has 0 fully saturated rings. The fourth-order valence-corrected chi connectivity index (χ4v) is 3.93. The van der Waals surface area contributed by atoms with Gasteiger partial charge >= 0.3 is 0 Å². The van der Waals surface area contributed by atoms with Crippen molar-refractivity contribution in [2.75, 3.05) is 0 Å². The Labute approximate surface area is 176 Å². The number of thioether (sulfide) groups is 1. The molecule has 29 heavy (non-hydrogen) atoms. The molecular weight excluding hydrogens is 408 g/mol. The van der Waals surface area contributed by atoms with Gasteiger partial charge in [0.05, 0.1) is 16.7 Å². The van der Waals surface area contributed by atoms with Crippen LogP contribution >= 0.6 is 23.4 Å². The second-order valence-electron chi connectivity index (χ2n) is 6.43. The van der Waals surface area contributed by atoms with Crippen molar-refractivity contribution in [2.24, 2.45) is 0 Å². The van der Waals surface area contributed by atoms with Gasteiger partial charge in [0, 0.05) is 17.1 Å². The molecule has 2 aromatic carbocycles. The van der Waals surface area contributed by atoms with Gasteiger partial charge in [-0.15, -0.1) is 6.58 Å². The number of benzene rings is 2. The third-order valence-electron chi connectivity index (χ3n) is 4.26. The molecule has 146 valence electrons. The van der Waals surface area contributed by atoms with Gasteiger partial charge in [-0.3, -0.25) is 9.36 Å². The Morgan fingerprint density at radius 1 is 1.24 bits per heavy atom. The van der Waals surface area contributed by atoms with Crippen LogP contribution < -0.4 is 5.56 Å². The van der Waals surface area contributed by atoms with Gasteiger partial charge in [-0.1, -0.05) is 58.4 Å². The van der Waals surface area contributed by atoms with E-state index in [2.05, 4.69) is 21.7 Å². The van der Waals surface area contributed by atoms with Crippen LogP contribution in [0.3, 0.4) is 0 Å². The summed E-state index contributed by atoms with van der Waals surface area (Å²) in [5, 5.41) is 5.64. The minimum Gasteiger partial charge on any atom is -0.338 e. The maximum absolute atomic E-state index is 12.9. The van der Waals surface area contributed by atoms with Crippen molar-refractivity contribution < 1.29 is 4.52 Å². The summed E-state index contributed by atoms with van der Waals surface area (Å²) in [6, 6.07) is 13.0. The molecule has 0 bridgehead atoms. The highest BCUT2D eigenvalue weighted by molar-refractivity contribution is 7.98. The average Bonchev–Trinajstić information content (AvgIpc) is 3.18. The van der Waals surface area contributed by atoms with Crippen molar-refractivity contribution in [3.8, 4) is 11.4 Å². The van der Waals surface area contributed by atoms with E-state index in [4.69, 9.17) is 16.1 Å². The molecule has 0 spiro atoms. The number of halogens is 1. The Kier molecular flexibility index (Phi) is 5.51. The van der Waals surface area contributed by atoms with Crippen molar-refractivity contribution in [3.63, 3.8) is 0 Å². The Hall–Kier alpha value is -2.90. The molecule has 8 heteroatoms. The highest BCUT2D eigenvalue weighted by Gasteiger charge is 2.14. The van der Waals surface area contributed by atoms with E-state index in [1.807, 2.05) is 31.2 Å². The monoisotopic (exact) mass is 424 g/mol. The van der Waals surface area contributed by atoms with E-state index in [1.54, 1.807) is 28.8 Å². The molecule has 0 aliphatic heterocycles. The van der Waals surface area contributed by atoms with Crippen LogP contribution in [0, 0.1) is 6.92 Å². The first-order valence-corrected chi connectivity index (χ1v) is 10.2. The summed E-state index contributed by atoms with van der Waals surface area (Å²) < 4.78 is 6.95. The van der Waals surface area contributed by atoms with Gasteiger partial charge in [-0.25, -0.2) is 4.98 Å². The lowest BCUT2D eigenvalue weighted by atomic mass is 10.1. The molecule has 2 heterocycles. The third kappa shape index (κ3) is 4.11. The van der Waals surface area contributed by atoms with Crippen molar-refractivity contribution >= 4 is 34.3 Å². The van der Waals surface area contributed by atoms with Crippen LogP contribution in [0.4, 0.5) is 0 Å². The normalized spacial score (nSPS) is 11.1. The number of aryl methyl sites for hydroxylation is 1. The summed E-state index contributed by atoms with van der Waals surface area (Å²) >= 11 is 7.42. The standard InChI is InChI=1S/C21H17ClN4O2S/c1-3-9-26-20(27)16-8-7-15(22)11-17(16)23-21(26)29-12-18-24-19(25-28-18)14-6-4-5-13(2)10-14/h3-8,10-11H,1,9,12H2,2H3. The summed E-state index contributed by atoms with van der Waals surface area (Å²) in [4.78, 5) is 21.9. The van der Waals surface area contributed by atoms with E-state index in [-0.39, 0.29) is 5.56 Å². The van der Waals surface area contributed by atoms with E-state index < -0.39 is 0 Å². The summed E-state index contributed by atoms with van der Waals surface area (Å²) in [5.41, 5.74) is 2.43. The molecule has 0 unspecified atom stereocenters. The zero-order valence-electron chi connectivity index (χ0n) is 15.6. The fourth-order valence-electron chi connectivity index (χ4n) is 2.92. The molecule has 0 aliphatic carbocycles. The van der Waals surface area contributed by atoms with Gasteiger partial charge in [0.2, 0.25) is 11.7 Å². The SMILES string of the molecule is C=CCn1c(SCc2nc(-c3cccc(C)c3)no2)nc2cc(Cl)ccc2c1=O. The minimum atomic E-state index is -0.139. The molecule has 0 saturated carbocycles. The number of fused-ring (bicyclic) bond motifs is 1. The van der Waals surface area contributed by atoms with Crippen molar-refractivity contribution in [1.29, 1.82) is 0 Å². The molecule has 0 atom stereocenters. The predicted octanol–water partition coefficient (Wildman–Crippen LogP) is 4.89. The number of allylic oxidation sites excluding steroid dienone is 1. The van der Waals surface area contributed by atoms with Gasteiger partial charge in [0.15, 0.2) is 5.16 Å².